The Morgan fingerprint density at radius 1 is 0.921 bits per heavy atom. The van der Waals surface area contributed by atoms with Gasteiger partial charge in [-0.05, 0) is 64.7 Å². The summed E-state index contributed by atoms with van der Waals surface area (Å²) in [5.74, 6) is 0.0125. The second kappa shape index (κ2) is 11.6. The standard InChI is InChI=1S/C27H38N4O7/c1-27(2,3)38-26(35)30-14-9-20(10-15-30)37-19-7-12-29(13-8-19)24(33)18-5-6-22(36-4)21(17-18)31-16-11-23(32)28-25(31)34/h5-6,17,19-20H,7-16H2,1-4H3,(H,28,32,34). The Kier molecular flexibility index (Phi) is 8.44. The molecule has 11 nitrogen and oxygen atoms in total. The van der Waals surface area contributed by atoms with Gasteiger partial charge in [-0.1, -0.05) is 0 Å². The van der Waals surface area contributed by atoms with Crippen LogP contribution in [0.15, 0.2) is 18.2 Å². The number of nitrogens with one attached hydrogen (secondary N) is 1. The topological polar surface area (TPSA) is 118 Å². The molecule has 3 fully saturated rings. The Balaban J connectivity index is 1.28. The van der Waals surface area contributed by atoms with E-state index in [4.69, 9.17) is 14.2 Å². The highest BCUT2D eigenvalue weighted by molar-refractivity contribution is 6.07. The summed E-state index contributed by atoms with van der Waals surface area (Å²) in [6.07, 6.45) is 3.06. The number of rotatable bonds is 5. The lowest BCUT2D eigenvalue weighted by atomic mass is 10.0. The molecule has 0 saturated carbocycles. The number of carbonyl (C=O) groups is 4. The van der Waals surface area contributed by atoms with Gasteiger partial charge in [0.2, 0.25) is 5.91 Å². The Bertz CT molecular complexity index is 1050. The fourth-order valence-corrected chi connectivity index (χ4v) is 4.98. The van der Waals surface area contributed by atoms with Crippen molar-refractivity contribution in [2.24, 2.45) is 0 Å². The first-order chi connectivity index (χ1) is 18.0. The van der Waals surface area contributed by atoms with Crippen LogP contribution in [0.1, 0.15) is 63.2 Å². The summed E-state index contributed by atoms with van der Waals surface area (Å²) in [5, 5.41) is 2.30. The van der Waals surface area contributed by atoms with E-state index in [0.717, 1.165) is 25.7 Å². The molecule has 0 unspecified atom stereocenters. The van der Waals surface area contributed by atoms with Crippen molar-refractivity contribution in [3.63, 3.8) is 0 Å². The molecule has 1 aromatic carbocycles. The van der Waals surface area contributed by atoms with Gasteiger partial charge in [-0.15, -0.1) is 0 Å². The second-order valence-electron chi connectivity index (χ2n) is 10.9. The van der Waals surface area contributed by atoms with E-state index in [-0.39, 0.29) is 43.1 Å². The van der Waals surface area contributed by atoms with Crippen molar-refractivity contribution in [3.05, 3.63) is 23.8 Å². The monoisotopic (exact) mass is 530 g/mol. The number of amides is 5. The van der Waals surface area contributed by atoms with E-state index >= 15 is 0 Å². The minimum atomic E-state index is -0.529. The summed E-state index contributed by atoms with van der Waals surface area (Å²) in [7, 11) is 1.50. The third kappa shape index (κ3) is 6.75. The summed E-state index contributed by atoms with van der Waals surface area (Å²) in [6, 6.07) is 4.49. The SMILES string of the molecule is COc1ccc(C(=O)N2CCC(OC3CCN(C(=O)OC(C)(C)C)CC3)CC2)cc1N1CCC(=O)NC1=O. The van der Waals surface area contributed by atoms with E-state index in [1.54, 1.807) is 28.0 Å². The highest BCUT2D eigenvalue weighted by atomic mass is 16.6. The molecule has 3 saturated heterocycles. The zero-order chi connectivity index (χ0) is 27.4. The van der Waals surface area contributed by atoms with Crippen molar-refractivity contribution >= 4 is 29.6 Å². The third-order valence-electron chi connectivity index (χ3n) is 6.98. The highest BCUT2D eigenvalue weighted by Gasteiger charge is 2.32. The van der Waals surface area contributed by atoms with E-state index in [1.807, 2.05) is 20.8 Å². The zero-order valence-corrected chi connectivity index (χ0v) is 22.7. The van der Waals surface area contributed by atoms with Crippen molar-refractivity contribution in [2.75, 3.05) is 44.7 Å². The van der Waals surface area contributed by atoms with Crippen LogP contribution in [0.4, 0.5) is 15.3 Å². The Morgan fingerprint density at radius 3 is 2.08 bits per heavy atom. The molecule has 5 amide bonds. The van der Waals surface area contributed by atoms with Gasteiger partial charge in [-0.3, -0.25) is 19.8 Å². The molecule has 0 aliphatic carbocycles. The molecule has 208 valence electrons. The Hall–Kier alpha value is -3.34. The average Bonchev–Trinajstić information content (AvgIpc) is 2.88. The van der Waals surface area contributed by atoms with Crippen molar-refractivity contribution < 1.29 is 33.4 Å². The maximum atomic E-state index is 13.3. The first-order valence-corrected chi connectivity index (χ1v) is 13.3. The van der Waals surface area contributed by atoms with Gasteiger partial charge in [0.1, 0.15) is 11.4 Å². The Morgan fingerprint density at radius 2 is 1.53 bits per heavy atom. The lowest BCUT2D eigenvalue weighted by Gasteiger charge is -2.37. The minimum Gasteiger partial charge on any atom is -0.495 e. The van der Waals surface area contributed by atoms with Crippen molar-refractivity contribution in [2.45, 2.75) is 70.7 Å². The number of likely N-dealkylation sites (tertiary alicyclic amines) is 2. The molecular formula is C27H38N4O7. The van der Waals surface area contributed by atoms with Gasteiger partial charge in [0, 0.05) is 44.7 Å². The van der Waals surface area contributed by atoms with E-state index in [9.17, 15) is 19.2 Å². The molecule has 0 radical (unpaired) electrons. The van der Waals surface area contributed by atoms with Crippen LogP contribution in [-0.4, -0.2) is 91.4 Å². The van der Waals surface area contributed by atoms with Gasteiger partial charge >= 0.3 is 12.1 Å². The molecule has 3 aliphatic heterocycles. The summed E-state index contributed by atoms with van der Waals surface area (Å²) in [6.45, 7) is 8.17. The maximum absolute atomic E-state index is 13.3. The quantitative estimate of drug-likeness (QED) is 0.621. The molecule has 1 aromatic rings. The predicted octanol–water partition coefficient (Wildman–Crippen LogP) is 3.16. The molecule has 3 heterocycles. The molecule has 0 aromatic heterocycles. The second-order valence-corrected chi connectivity index (χ2v) is 10.9. The number of anilines is 1. The Labute approximate surface area is 223 Å². The summed E-state index contributed by atoms with van der Waals surface area (Å²) >= 11 is 0. The van der Waals surface area contributed by atoms with E-state index < -0.39 is 11.6 Å². The predicted molar refractivity (Wildman–Crippen MR) is 139 cm³/mol. The lowest BCUT2D eigenvalue weighted by Crippen LogP contribution is -2.49. The molecule has 0 atom stereocenters. The van der Waals surface area contributed by atoms with Gasteiger partial charge in [0.25, 0.3) is 5.91 Å². The van der Waals surface area contributed by atoms with Crippen LogP contribution in [0.3, 0.4) is 0 Å². The van der Waals surface area contributed by atoms with Crippen LogP contribution in [-0.2, 0) is 14.3 Å². The van der Waals surface area contributed by atoms with Crippen LogP contribution in [0.25, 0.3) is 0 Å². The first kappa shape index (κ1) is 27.7. The number of imide groups is 1. The van der Waals surface area contributed by atoms with Crippen molar-refractivity contribution in [1.29, 1.82) is 0 Å². The molecule has 1 N–H and O–H groups in total. The smallest absolute Gasteiger partial charge is 0.410 e. The van der Waals surface area contributed by atoms with Gasteiger partial charge in [0.15, 0.2) is 0 Å². The summed E-state index contributed by atoms with van der Waals surface area (Å²) in [4.78, 5) is 54.4. The van der Waals surface area contributed by atoms with E-state index in [2.05, 4.69) is 5.32 Å². The lowest BCUT2D eigenvalue weighted by molar-refractivity contribution is -0.120. The summed E-state index contributed by atoms with van der Waals surface area (Å²) in [5.41, 5.74) is 0.407. The van der Waals surface area contributed by atoms with Crippen molar-refractivity contribution in [3.8, 4) is 5.75 Å². The number of urea groups is 1. The van der Waals surface area contributed by atoms with Crippen LogP contribution < -0.4 is 15.0 Å². The number of benzene rings is 1. The van der Waals surface area contributed by atoms with Gasteiger partial charge < -0.3 is 24.0 Å². The molecule has 0 spiro atoms. The van der Waals surface area contributed by atoms with Crippen LogP contribution in [0.5, 0.6) is 5.75 Å². The molecule has 3 aliphatic rings. The fraction of sp³-hybridized carbons (Fsp3) is 0.630. The largest absolute Gasteiger partial charge is 0.495 e. The molecule has 4 rings (SSSR count). The maximum Gasteiger partial charge on any atom is 0.410 e. The molecule has 11 heteroatoms. The average molecular weight is 531 g/mol. The van der Waals surface area contributed by atoms with E-state index in [1.165, 1.54) is 12.0 Å². The number of ether oxygens (including phenoxy) is 3. The van der Waals surface area contributed by atoms with Gasteiger partial charge in [-0.2, -0.15) is 0 Å². The number of hydrogen-bond donors (Lipinski definition) is 1. The van der Waals surface area contributed by atoms with Crippen LogP contribution >= 0.6 is 0 Å². The molecule has 38 heavy (non-hydrogen) atoms. The number of carbonyl (C=O) groups excluding carboxylic acids is 4. The zero-order valence-electron chi connectivity index (χ0n) is 22.7. The fourth-order valence-electron chi connectivity index (χ4n) is 4.98. The van der Waals surface area contributed by atoms with E-state index in [0.29, 0.717) is 43.2 Å². The van der Waals surface area contributed by atoms with Crippen LogP contribution in [0, 0.1) is 0 Å². The summed E-state index contributed by atoms with van der Waals surface area (Å²) < 4.78 is 17.2. The minimum absolute atomic E-state index is 0.0677. The van der Waals surface area contributed by atoms with Gasteiger partial charge in [0.05, 0.1) is 25.0 Å². The van der Waals surface area contributed by atoms with Crippen LogP contribution in [0.2, 0.25) is 0 Å². The number of methoxy groups -OCH3 is 1. The number of hydrogen-bond acceptors (Lipinski definition) is 7. The third-order valence-corrected chi connectivity index (χ3v) is 6.98. The first-order valence-electron chi connectivity index (χ1n) is 13.3. The molecular weight excluding hydrogens is 492 g/mol. The normalized spacial score (nSPS) is 19.8. The number of piperidine rings is 2. The highest BCUT2D eigenvalue weighted by Crippen LogP contribution is 2.32. The van der Waals surface area contributed by atoms with Crippen molar-refractivity contribution in [1.82, 2.24) is 15.1 Å². The number of nitrogens with zero attached hydrogens (tertiary/aromatic N) is 3. The van der Waals surface area contributed by atoms with Gasteiger partial charge in [-0.25, -0.2) is 9.59 Å². The molecule has 0 bridgehead atoms.